The van der Waals surface area contributed by atoms with E-state index in [1.807, 2.05) is 0 Å². The van der Waals surface area contributed by atoms with Gasteiger partial charge in [0.2, 0.25) is 5.95 Å². The van der Waals surface area contributed by atoms with Gasteiger partial charge in [-0.25, -0.2) is 14.4 Å². The van der Waals surface area contributed by atoms with Crippen molar-refractivity contribution in [3.05, 3.63) is 17.4 Å². The second kappa shape index (κ2) is 4.08. The molecule has 1 N–H and O–H groups in total. The smallest absolute Gasteiger partial charge is 0.222 e. The summed E-state index contributed by atoms with van der Waals surface area (Å²) < 4.78 is 11.6. The van der Waals surface area contributed by atoms with Gasteiger partial charge in [-0.3, -0.25) is 0 Å². The third kappa shape index (κ3) is 2.67. The summed E-state index contributed by atoms with van der Waals surface area (Å²) in [5, 5.41) is 3.13. The first-order valence-corrected chi connectivity index (χ1v) is 3.48. The van der Waals surface area contributed by atoms with Crippen molar-refractivity contribution < 1.29 is 4.39 Å². The number of hydrogen-bond acceptors (Lipinski definition) is 3. The molecular weight excluding hydrogens is 169 g/mol. The molecule has 0 saturated carbocycles. The quantitative estimate of drug-likeness (QED) is 0.757. The van der Waals surface area contributed by atoms with Crippen LogP contribution < -0.4 is 5.32 Å². The highest BCUT2D eigenvalue weighted by Gasteiger charge is 1.92. The zero-order chi connectivity index (χ0) is 8.10. The van der Waals surface area contributed by atoms with Gasteiger partial charge in [0.05, 0.1) is 17.4 Å². The highest BCUT2D eigenvalue weighted by Crippen LogP contribution is 2.04. The first-order chi connectivity index (χ1) is 5.33. The van der Waals surface area contributed by atoms with E-state index in [0.717, 1.165) is 0 Å². The van der Waals surface area contributed by atoms with Gasteiger partial charge in [0.15, 0.2) is 0 Å². The number of hydrogen-bond donors (Lipinski definition) is 1. The molecule has 1 aromatic rings. The Labute approximate surface area is 68.6 Å². The molecule has 60 valence electrons. The SMILES string of the molecule is FCCNc1ncc(Cl)cn1. The lowest BCUT2D eigenvalue weighted by molar-refractivity contribution is 0.512. The number of aromatic nitrogens is 2. The molecule has 0 aliphatic rings. The number of anilines is 1. The molecule has 0 unspecified atom stereocenters. The van der Waals surface area contributed by atoms with Crippen molar-refractivity contribution in [1.29, 1.82) is 0 Å². The van der Waals surface area contributed by atoms with Gasteiger partial charge >= 0.3 is 0 Å². The van der Waals surface area contributed by atoms with E-state index in [-0.39, 0.29) is 6.54 Å². The molecule has 0 radical (unpaired) electrons. The highest BCUT2D eigenvalue weighted by atomic mass is 35.5. The van der Waals surface area contributed by atoms with Gasteiger partial charge in [-0.2, -0.15) is 0 Å². The first-order valence-electron chi connectivity index (χ1n) is 3.10. The summed E-state index contributed by atoms with van der Waals surface area (Å²) in [5.41, 5.74) is 0. The molecule has 3 nitrogen and oxygen atoms in total. The maximum Gasteiger partial charge on any atom is 0.222 e. The fourth-order valence-electron chi connectivity index (χ4n) is 0.563. The van der Waals surface area contributed by atoms with Gasteiger partial charge in [0, 0.05) is 6.54 Å². The van der Waals surface area contributed by atoms with E-state index in [2.05, 4.69) is 15.3 Å². The molecule has 0 amide bonds. The van der Waals surface area contributed by atoms with Crippen LogP contribution in [-0.4, -0.2) is 23.2 Å². The first kappa shape index (κ1) is 8.20. The molecule has 0 aliphatic heterocycles. The lowest BCUT2D eigenvalue weighted by atomic mass is 10.6. The Morgan fingerprint density at radius 2 is 2.09 bits per heavy atom. The topological polar surface area (TPSA) is 37.8 Å². The van der Waals surface area contributed by atoms with E-state index in [0.29, 0.717) is 11.0 Å². The van der Waals surface area contributed by atoms with Gasteiger partial charge < -0.3 is 5.32 Å². The fourth-order valence-corrected chi connectivity index (χ4v) is 0.660. The Balaban J connectivity index is 2.52. The molecule has 0 bridgehead atoms. The van der Waals surface area contributed by atoms with Crippen LogP contribution in [0.3, 0.4) is 0 Å². The van der Waals surface area contributed by atoms with E-state index in [1.165, 1.54) is 12.4 Å². The van der Waals surface area contributed by atoms with Crippen LogP contribution in [0.4, 0.5) is 10.3 Å². The summed E-state index contributed by atoms with van der Waals surface area (Å²) in [6.07, 6.45) is 2.91. The van der Waals surface area contributed by atoms with Crippen LogP contribution >= 0.6 is 11.6 Å². The van der Waals surface area contributed by atoms with E-state index < -0.39 is 6.67 Å². The van der Waals surface area contributed by atoms with Crippen LogP contribution in [-0.2, 0) is 0 Å². The molecular formula is C6H7ClFN3. The zero-order valence-electron chi connectivity index (χ0n) is 5.72. The van der Waals surface area contributed by atoms with Crippen LogP contribution in [0.1, 0.15) is 0 Å². The average molecular weight is 176 g/mol. The van der Waals surface area contributed by atoms with Crippen molar-refractivity contribution in [2.24, 2.45) is 0 Å². The van der Waals surface area contributed by atoms with Gasteiger partial charge in [-0.1, -0.05) is 11.6 Å². The predicted molar refractivity (Wildman–Crippen MR) is 41.5 cm³/mol. The van der Waals surface area contributed by atoms with Gasteiger partial charge in [-0.15, -0.1) is 0 Å². The molecule has 1 rings (SSSR count). The summed E-state index contributed by atoms with van der Waals surface area (Å²) in [6, 6.07) is 0. The van der Waals surface area contributed by atoms with Crippen molar-refractivity contribution >= 4 is 17.5 Å². The molecule has 0 aliphatic carbocycles. The van der Waals surface area contributed by atoms with Crippen LogP contribution in [0.25, 0.3) is 0 Å². The molecule has 0 spiro atoms. The van der Waals surface area contributed by atoms with Crippen molar-refractivity contribution in [2.45, 2.75) is 0 Å². The second-order valence-corrected chi connectivity index (χ2v) is 2.28. The summed E-state index contributed by atoms with van der Waals surface area (Å²) in [7, 11) is 0. The van der Waals surface area contributed by atoms with E-state index in [4.69, 9.17) is 11.6 Å². The molecule has 5 heteroatoms. The largest absolute Gasteiger partial charge is 0.352 e. The predicted octanol–water partition coefficient (Wildman–Crippen LogP) is 1.51. The zero-order valence-corrected chi connectivity index (χ0v) is 6.48. The van der Waals surface area contributed by atoms with Crippen molar-refractivity contribution in [3.63, 3.8) is 0 Å². The van der Waals surface area contributed by atoms with Crippen LogP contribution in [0, 0.1) is 0 Å². The van der Waals surface area contributed by atoms with Crippen molar-refractivity contribution in [3.8, 4) is 0 Å². The van der Waals surface area contributed by atoms with E-state index in [9.17, 15) is 4.39 Å². The van der Waals surface area contributed by atoms with E-state index in [1.54, 1.807) is 0 Å². The number of nitrogens with zero attached hydrogens (tertiary/aromatic N) is 2. The van der Waals surface area contributed by atoms with Crippen LogP contribution in [0.2, 0.25) is 5.02 Å². The number of rotatable bonds is 3. The lowest BCUT2D eigenvalue weighted by Gasteiger charge is -1.99. The summed E-state index contributed by atoms with van der Waals surface area (Å²) in [5.74, 6) is 0.395. The Bertz CT molecular complexity index is 214. The number of nitrogens with one attached hydrogen (secondary N) is 1. The molecule has 0 aromatic carbocycles. The van der Waals surface area contributed by atoms with Gasteiger partial charge in [-0.05, 0) is 0 Å². The normalized spacial score (nSPS) is 9.64. The lowest BCUT2D eigenvalue weighted by Crippen LogP contribution is -2.05. The molecule has 1 aromatic heterocycles. The van der Waals surface area contributed by atoms with Gasteiger partial charge in [0.25, 0.3) is 0 Å². The Morgan fingerprint density at radius 3 is 2.64 bits per heavy atom. The van der Waals surface area contributed by atoms with Crippen molar-refractivity contribution in [1.82, 2.24) is 9.97 Å². The maximum absolute atomic E-state index is 11.6. The monoisotopic (exact) mass is 175 g/mol. The highest BCUT2D eigenvalue weighted by molar-refractivity contribution is 6.30. The third-order valence-corrected chi connectivity index (χ3v) is 1.19. The maximum atomic E-state index is 11.6. The fraction of sp³-hybridized carbons (Fsp3) is 0.333. The van der Waals surface area contributed by atoms with Crippen LogP contribution in [0.15, 0.2) is 12.4 Å². The third-order valence-electron chi connectivity index (χ3n) is 0.998. The average Bonchev–Trinajstić information content (AvgIpc) is 2.04. The van der Waals surface area contributed by atoms with Crippen LogP contribution in [0.5, 0.6) is 0 Å². The molecule has 1 heterocycles. The van der Waals surface area contributed by atoms with E-state index >= 15 is 0 Å². The Hall–Kier alpha value is -0.900. The minimum atomic E-state index is -0.439. The van der Waals surface area contributed by atoms with Gasteiger partial charge in [0.1, 0.15) is 6.67 Å². The Kier molecular flexibility index (Phi) is 3.04. The molecule has 0 atom stereocenters. The summed E-state index contributed by atoms with van der Waals surface area (Å²) in [6.45, 7) is -0.215. The summed E-state index contributed by atoms with van der Waals surface area (Å²) in [4.78, 5) is 7.59. The second-order valence-electron chi connectivity index (χ2n) is 1.84. The minimum absolute atomic E-state index is 0.224. The van der Waals surface area contributed by atoms with Crippen molar-refractivity contribution in [2.75, 3.05) is 18.5 Å². The minimum Gasteiger partial charge on any atom is -0.352 e. The number of halogens is 2. The number of alkyl halides is 1. The molecule has 11 heavy (non-hydrogen) atoms. The molecule has 0 saturated heterocycles. The standard InChI is InChI=1S/C6H7ClFN3/c7-5-3-10-6(11-4-5)9-2-1-8/h3-4H,1-2H2,(H,9,10,11). The molecule has 0 fully saturated rings. The summed E-state index contributed by atoms with van der Waals surface area (Å²) >= 11 is 5.52. The Morgan fingerprint density at radius 1 is 1.45 bits per heavy atom.